The van der Waals surface area contributed by atoms with E-state index in [-0.39, 0.29) is 37.0 Å². The van der Waals surface area contributed by atoms with Crippen LogP contribution in [0.2, 0.25) is 0 Å². The highest BCUT2D eigenvalue weighted by Crippen LogP contribution is 2.68. The Labute approximate surface area is 154 Å². The zero-order valence-corrected chi connectivity index (χ0v) is 15.5. The lowest BCUT2D eigenvalue weighted by Gasteiger charge is -2.45. The summed E-state index contributed by atoms with van der Waals surface area (Å²) >= 11 is 0. The maximum absolute atomic E-state index is 13.0. The Morgan fingerprint density at radius 1 is 1.08 bits per heavy atom. The minimum atomic E-state index is -1.14. The highest BCUT2D eigenvalue weighted by Gasteiger charge is 2.68. The quantitative estimate of drug-likeness (QED) is 0.592. The zero-order valence-electron chi connectivity index (χ0n) is 15.5. The van der Waals surface area contributed by atoms with Crippen molar-refractivity contribution in [3.63, 3.8) is 0 Å². The average Bonchev–Trinajstić information content (AvgIpc) is 2.97. The molecule has 4 nitrogen and oxygen atoms in total. The van der Waals surface area contributed by atoms with E-state index >= 15 is 0 Å². The molecular formula is C22H26O4. The van der Waals surface area contributed by atoms with Crippen LogP contribution in [0, 0.1) is 23.2 Å². The molecule has 1 aromatic carbocycles. The summed E-state index contributed by atoms with van der Waals surface area (Å²) in [4.78, 5) is 26.0. The fourth-order valence-electron chi connectivity index (χ4n) is 5.63. The summed E-state index contributed by atoms with van der Waals surface area (Å²) in [7, 11) is 0. The van der Waals surface area contributed by atoms with Gasteiger partial charge >= 0.3 is 11.9 Å². The number of carbonyl (C=O) groups excluding carboxylic acids is 2. The Balaban J connectivity index is 1.75. The van der Waals surface area contributed by atoms with E-state index in [0.717, 1.165) is 19.3 Å². The van der Waals surface area contributed by atoms with E-state index in [4.69, 9.17) is 9.47 Å². The summed E-state index contributed by atoms with van der Waals surface area (Å²) < 4.78 is 10.8. The average molecular weight is 354 g/mol. The topological polar surface area (TPSA) is 52.6 Å². The van der Waals surface area contributed by atoms with Gasteiger partial charge in [0.2, 0.25) is 0 Å². The summed E-state index contributed by atoms with van der Waals surface area (Å²) in [5.74, 6) is -0.167. The van der Waals surface area contributed by atoms with Gasteiger partial charge in [0.05, 0.1) is 13.2 Å². The number of allylic oxidation sites excluding steroid dienone is 2. The molecule has 138 valence electrons. The van der Waals surface area contributed by atoms with Crippen molar-refractivity contribution in [3.8, 4) is 0 Å². The molecule has 1 aromatic rings. The molecule has 0 bridgehead atoms. The van der Waals surface area contributed by atoms with Crippen molar-refractivity contribution in [1.29, 1.82) is 0 Å². The van der Waals surface area contributed by atoms with Crippen LogP contribution in [-0.2, 0) is 19.1 Å². The van der Waals surface area contributed by atoms with Crippen LogP contribution in [-0.4, -0.2) is 25.2 Å². The molecule has 0 aromatic heterocycles. The first-order valence-electron chi connectivity index (χ1n) is 9.78. The number of ether oxygens (including phenoxy) is 2. The number of carbonyl (C=O) groups is 2. The van der Waals surface area contributed by atoms with Gasteiger partial charge in [-0.05, 0) is 68.4 Å². The summed E-state index contributed by atoms with van der Waals surface area (Å²) in [6.07, 6.45) is 3.50. The van der Waals surface area contributed by atoms with Gasteiger partial charge in [-0.15, -0.1) is 0 Å². The van der Waals surface area contributed by atoms with Crippen molar-refractivity contribution in [3.05, 3.63) is 41.5 Å². The second-order valence-corrected chi connectivity index (χ2v) is 7.55. The molecule has 26 heavy (non-hydrogen) atoms. The molecule has 0 amide bonds. The molecule has 4 heteroatoms. The molecule has 0 spiro atoms. The first-order chi connectivity index (χ1) is 12.6. The maximum Gasteiger partial charge on any atom is 0.323 e. The van der Waals surface area contributed by atoms with Crippen molar-refractivity contribution in [2.75, 3.05) is 13.2 Å². The van der Waals surface area contributed by atoms with Crippen LogP contribution in [0.5, 0.6) is 0 Å². The standard InChI is InChI=1S/C22H26O4/c1-3-25-20(23)22(21(24)26-4-2)13-16-18(14-9-6-5-7-10-14)15-11-8-12-17(22)19(15)16/h5-7,9-10,16-17,19H,3-4,8,11-13H2,1-2H3/t16-,17+,19+/m0/s1. The third-order valence-corrected chi connectivity index (χ3v) is 6.49. The van der Waals surface area contributed by atoms with Gasteiger partial charge in [0, 0.05) is 0 Å². The largest absolute Gasteiger partial charge is 0.465 e. The van der Waals surface area contributed by atoms with Crippen LogP contribution in [0.3, 0.4) is 0 Å². The van der Waals surface area contributed by atoms with Crippen LogP contribution >= 0.6 is 0 Å². The molecule has 2 saturated carbocycles. The predicted molar refractivity (Wildman–Crippen MR) is 98.0 cm³/mol. The molecule has 0 aliphatic heterocycles. The van der Waals surface area contributed by atoms with Gasteiger partial charge < -0.3 is 9.47 Å². The second kappa shape index (κ2) is 6.57. The Hall–Kier alpha value is -2.10. The van der Waals surface area contributed by atoms with Crippen LogP contribution in [0.1, 0.15) is 45.1 Å². The Bertz CT molecular complexity index is 731. The molecule has 0 heterocycles. The fraction of sp³-hybridized carbons (Fsp3) is 0.545. The normalized spacial score (nSPS) is 28.2. The highest BCUT2D eigenvalue weighted by molar-refractivity contribution is 6.02. The first kappa shape index (κ1) is 17.3. The lowest BCUT2D eigenvalue weighted by Crippen LogP contribution is -2.47. The minimum absolute atomic E-state index is 0.0156. The number of hydrogen-bond donors (Lipinski definition) is 0. The fourth-order valence-corrected chi connectivity index (χ4v) is 5.63. The second-order valence-electron chi connectivity index (χ2n) is 7.55. The van der Waals surface area contributed by atoms with Crippen LogP contribution in [0.4, 0.5) is 0 Å². The molecule has 3 aliphatic carbocycles. The lowest BCUT2D eigenvalue weighted by atomic mass is 9.59. The van der Waals surface area contributed by atoms with Gasteiger partial charge in [-0.2, -0.15) is 0 Å². The first-order valence-corrected chi connectivity index (χ1v) is 9.78. The van der Waals surface area contributed by atoms with Gasteiger partial charge in [-0.3, -0.25) is 9.59 Å². The van der Waals surface area contributed by atoms with Crippen LogP contribution < -0.4 is 0 Å². The van der Waals surface area contributed by atoms with Crippen LogP contribution in [0.25, 0.3) is 5.57 Å². The van der Waals surface area contributed by atoms with E-state index in [1.54, 1.807) is 13.8 Å². The summed E-state index contributed by atoms with van der Waals surface area (Å²) in [6, 6.07) is 10.4. The van der Waals surface area contributed by atoms with Crippen molar-refractivity contribution >= 4 is 17.5 Å². The van der Waals surface area contributed by atoms with Crippen molar-refractivity contribution in [1.82, 2.24) is 0 Å². The van der Waals surface area contributed by atoms with E-state index in [9.17, 15) is 9.59 Å². The van der Waals surface area contributed by atoms with Crippen molar-refractivity contribution < 1.29 is 19.1 Å². The molecule has 4 rings (SSSR count). The lowest BCUT2D eigenvalue weighted by molar-refractivity contribution is -0.176. The van der Waals surface area contributed by atoms with E-state index in [1.165, 1.54) is 16.7 Å². The SMILES string of the molecule is CCOC(=O)C1(C(=O)OCC)C[C@H]2C(c3ccccc3)=C3CCC[C@@H]1[C@H]32. The van der Waals surface area contributed by atoms with Crippen LogP contribution in [0.15, 0.2) is 35.9 Å². The smallest absolute Gasteiger partial charge is 0.323 e. The molecule has 0 N–H and O–H groups in total. The summed E-state index contributed by atoms with van der Waals surface area (Å²) in [6.45, 7) is 4.16. The number of rotatable bonds is 5. The van der Waals surface area contributed by atoms with Gasteiger partial charge in [-0.25, -0.2) is 0 Å². The summed E-state index contributed by atoms with van der Waals surface area (Å²) in [5.41, 5.74) is 2.90. The van der Waals surface area contributed by atoms with E-state index in [1.807, 2.05) is 6.07 Å². The van der Waals surface area contributed by atoms with Gasteiger partial charge in [0.25, 0.3) is 0 Å². The number of benzene rings is 1. The minimum Gasteiger partial charge on any atom is -0.465 e. The van der Waals surface area contributed by atoms with E-state index in [2.05, 4.69) is 24.3 Å². The molecule has 3 aliphatic rings. The van der Waals surface area contributed by atoms with E-state index in [0.29, 0.717) is 12.3 Å². The van der Waals surface area contributed by atoms with Gasteiger partial charge in [0.15, 0.2) is 5.41 Å². The molecule has 0 saturated heterocycles. The molecule has 0 radical (unpaired) electrons. The van der Waals surface area contributed by atoms with Crippen molar-refractivity contribution in [2.45, 2.75) is 39.5 Å². The zero-order chi connectivity index (χ0) is 18.3. The number of esters is 2. The number of hydrogen-bond acceptors (Lipinski definition) is 4. The molecule has 3 atom stereocenters. The Morgan fingerprint density at radius 2 is 1.73 bits per heavy atom. The van der Waals surface area contributed by atoms with Gasteiger partial charge in [-0.1, -0.05) is 35.9 Å². The Kier molecular flexibility index (Phi) is 4.37. The van der Waals surface area contributed by atoms with Gasteiger partial charge in [0.1, 0.15) is 0 Å². The maximum atomic E-state index is 13.0. The summed E-state index contributed by atoms with van der Waals surface area (Å²) in [5, 5.41) is 0. The highest BCUT2D eigenvalue weighted by atomic mass is 16.6. The Morgan fingerprint density at radius 3 is 2.35 bits per heavy atom. The molecule has 2 fully saturated rings. The molecule has 0 unspecified atom stereocenters. The molecular weight excluding hydrogens is 328 g/mol. The third-order valence-electron chi connectivity index (χ3n) is 6.49. The monoisotopic (exact) mass is 354 g/mol. The van der Waals surface area contributed by atoms with Crippen molar-refractivity contribution in [2.24, 2.45) is 23.2 Å². The predicted octanol–water partition coefficient (Wildman–Crippen LogP) is 4.00. The van der Waals surface area contributed by atoms with E-state index < -0.39 is 5.41 Å². The third kappa shape index (κ3) is 2.27.